The van der Waals surface area contributed by atoms with Crippen molar-refractivity contribution in [2.45, 2.75) is 28.9 Å². The van der Waals surface area contributed by atoms with Crippen molar-refractivity contribution in [1.82, 2.24) is 10.2 Å². The Morgan fingerprint density at radius 3 is 2.62 bits per heavy atom. The SMILES string of the molecule is CC(C)Sc1cccc(-c2nnc(NC(=O)CSc3ccccc3)o2)c1. The third kappa shape index (κ3) is 5.37. The van der Waals surface area contributed by atoms with Crippen LogP contribution in [-0.4, -0.2) is 27.1 Å². The third-order valence-electron chi connectivity index (χ3n) is 3.24. The molecule has 7 heteroatoms. The fraction of sp³-hybridized carbons (Fsp3) is 0.211. The first-order valence-electron chi connectivity index (χ1n) is 8.18. The Morgan fingerprint density at radius 2 is 1.85 bits per heavy atom. The van der Waals surface area contributed by atoms with Gasteiger partial charge in [-0.3, -0.25) is 10.1 Å². The lowest BCUT2D eigenvalue weighted by Crippen LogP contribution is -2.14. The molecule has 5 nitrogen and oxygen atoms in total. The molecule has 134 valence electrons. The summed E-state index contributed by atoms with van der Waals surface area (Å²) in [7, 11) is 0. The summed E-state index contributed by atoms with van der Waals surface area (Å²) in [6, 6.07) is 17.8. The van der Waals surface area contributed by atoms with Gasteiger partial charge in [0.25, 0.3) is 0 Å². The molecule has 2 aromatic carbocycles. The van der Waals surface area contributed by atoms with Gasteiger partial charge in [-0.1, -0.05) is 43.2 Å². The number of nitrogens with zero attached hydrogens (tertiary/aromatic N) is 2. The van der Waals surface area contributed by atoms with Crippen LogP contribution in [0, 0.1) is 0 Å². The summed E-state index contributed by atoms with van der Waals surface area (Å²) in [6.07, 6.45) is 0. The van der Waals surface area contributed by atoms with Crippen molar-refractivity contribution in [3.8, 4) is 11.5 Å². The minimum Gasteiger partial charge on any atom is -0.403 e. The number of aromatic nitrogens is 2. The highest BCUT2D eigenvalue weighted by atomic mass is 32.2. The number of hydrogen-bond donors (Lipinski definition) is 1. The average Bonchev–Trinajstić information content (AvgIpc) is 3.09. The molecule has 0 spiro atoms. The molecule has 1 amide bonds. The number of carbonyl (C=O) groups is 1. The first kappa shape index (κ1) is 18.5. The van der Waals surface area contributed by atoms with Gasteiger partial charge in [-0.2, -0.15) is 0 Å². The van der Waals surface area contributed by atoms with Gasteiger partial charge in [0.15, 0.2) is 0 Å². The summed E-state index contributed by atoms with van der Waals surface area (Å²) >= 11 is 3.22. The summed E-state index contributed by atoms with van der Waals surface area (Å²) in [4.78, 5) is 14.2. The van der Waals surface area contributed by atoms with E-state index in [0.29, 0.717) is 11.1 Å². The molecule has 3 rings (SSSR count). The van der Waals surface area contributed by atoms with Crippen LogP contribution in [0.4, 0.5) is 6.01 Å². The van der Waals surface area contributed by atoms with Gasteiger partial charge in [0.2, 0.25) is 11.8 Å². The average molecular weight is 386 g/mol. The lowest BCUT2D eigenvalue weighted by atomic mass is 10.2. The molecule has 0 aliphatic heterocycles. The Bertz CT molecular complexity index is 866. The number of carbonyl (C=O) groups excluding carboxylic acids is 1. The normalized spacial score (nSPS) is 10.9. The van der Waals surface area contributed by atoms with Gasteiger partial charge < -0.3 is 4.42 Å². The fourth-order valence-corrected chi connectivity index (χ4v) is 3.80. The Labute approximate surface area is 161 Å². The number of anilines is 1. The Hall–Kier alpha value is -2.25. The van der Waals surface area contributed by atoms with Gasteiger partial charge in [-0.05, 0) is 30.3 Å². The van der Waals surface area contributed by atoms with Crippen LogP contribution >= 0.6 is 23.5 Å². The highest BCUT2D eigenvalue weighted by Crippen LogP contribution is 2.28. The van der Waals surface area contributed by atoms with Gasteiger partial charge in [-0.25, -0.2) is 0 Å². The highest BCUT2D eigenvalue weighted by Gasteiger charge is 2.12. The quantitative estimate of drug-likeness (QED) is 0.579. The van der Waals surface area contributed by atoms with Crippen LogP contribution in [0.1, 0.15) is 13.8 Å². The molecular weight excluding hydrogens is 366 g/mol. The van der Waals surface area contributed by atoms with E-state index in [1.54, 1.807) is 11.8 Å². The second kappa shape index (κ2) is 8.91. The van der Waals surface area contributed by atoms with E-state index in [9.17, 15) is 4.79 Å². The summed E-state index contributed by atoms with van der Waals surface area (Å²) in [5.74, 6) is 0.489. The number of thioether (sulfide) groups is 2. The van der Waals surface area contributed by atoms with E-state index in [2.05, 4.69) is 29.4 Å². The highest BCUT2D eigenvalue weighted by molar-refractivity contribution is 8.00. The minimum atomic E-state index is -0.182. The molecule has 0 bridgehead atoms. The van der Waals surface area contributed by atoms with Crippen LogP contribution in [0.5, 0.6) is 0 Å². The van der Waals surface area contributed by atoms with Crippen molar-refractivity contribution in [3.05, 3.63) is 54.6 Å². The zero-order valence-electron chi connectivity index (χ0n) is 14.5. The Kier molecular flexibility index (Phi) is 6.35. The largest absolute Gasteiger partial charge is 0.403 e. The van der Waals surface area contributed by atoms with Crippen molar-refractivity contribution in [3.63, 3.8) is 0 Å². The van der Waals surface area contributed by atoms with E-state index < -0.39 is 0 Å². The summed E-state index contributed by atoms with van der Waals surface area (Å²) in [5, 5.41) is 11.1. The number of amides is 1. The van der Waals surface area contributed by atoms with Gasteiger partial charge >= 0.3 is 6.01 Å². The molecule has 1 heterocycles. The van der Waals surface area contributed by atoms with Crippen LogP contribution in [0.2, 0.25) is 0 Å². The predicted molar refractivity (Wildman–Crippen MR) is 107 cm³/mol. The van der Waals surface area contributed by atoms with Gasteiger partial charge in [0.05, 0.1) is 5.75 Å². The van der Waals surface area contributed by atoms with Gasteiger partial charge in [0, 0.05) is 20.6 Å². The van der Waals surface area contributed by atoms with Crippen LogP contribution in [0.25, 0.3) is 11.5 Å². The maximum Gasteiger partial charge on any atom is 0.322 e. The fourth-order valence-electron chi connectivity index (χ4n) is 2.19. The van der Waals surface area contributed by atoms with Crippen molar-refractivity contribution in [2.24, 2.45) is 0 Å². The minimum absolute atomic E-state index is 0.112. The summed E-state index contributed by atoms with van der Waals surface area (Å²) in [5.41, 5.74) is 0.835. The molecular formula is C19H19N3O2S2. The number of rotatable bonds is 7. The molecule has 0 unspecified atom stereocenters. The summed E-state index contributed by atoms with van der Waals surface area (Å²) < 4.78 is 5.58. The van der Waals surface area contributed by atoms with Crippen molar-refractivity contribution < 1.29 is 9.21 Å². The Balaban J connectivity index is 1.60. The van der Waals surface area contributed by atoms with E-state index in [1.165, 1.54) is 11.8 Å². The van der Waals surface area contributed by atoms with E-state index in [-0.39, 0.29) is 17.7 Å². The summed E-state index contributed by atoms with van der Waals surface area (Å²) in [6.45, 7) is 4.29. The molecule has 1 N–H and O–H groups in total. The van der Waals surface area contributed by atoms with Crippen LogP contribution in [-0.2, 0) is 4.79 Å². The molecule has 0 aliphatic rings. The standard InChI is InChI=1S/C19H19N3O2S2/c1-13(2)26-16-10-6-7-14(11-16)18-21-22-19(24-18)20-17(23)12-25-15-8-4-3-5-9-15/h3-11,13H,12H2,1-2H3,(H,20,22,23). The molecule has 0 radical (unpaired) electrons. The molecule has 1 aromatic heterocycles. The lowest BCUT2D eigenvalue weighted by molar-refractivity contribution is -0.113. The van der Waals surface area contributed by atoms with Gasteiger partial charge in [-0.15, -0.1) is 28.6 Å². The third-order valence-corrected chi connectivity index (χ3v) is 5.25. The van der Waals surface area contributed by atoms with E-state index in [0.717, 1.165) is 15.4 Å². The van der Waals surface area contributed by atoms with Crippen LogP contribution in [0.15, 0.2) is 68.8 Å². The van der Waals surface area contributed by atoms with E-state index >= 15 is 0 Å². The lowest BCUT2D eigenvalue weighted by Gasteiger charge is -2.05. The first-order chi connectivity index (χ1) is 12.6. The van der Waals surface area contributed by atoms with E-state index in [1.807, 2.05) is 54.6 Å². The molecule has 26 heavy (non-hydrogen) atoms. The zero-order chi connectivity index (χ0) is 18.4. The van der Waals surface area contributed by atoms with E-state index in [4.69, 9.17) is 4.42 Å². The second-order valence-electron chi connectivity index (χ2n) is 5.76. The zero-order valence-corrected chi connectivity index (χ0v) is 16.1. The van der Waals surface area contributed by atoms with Crippen molar-refractivity contribution >= 4 is 35.4 Å². The second-order valence-corrected chi connectivity index (χ2v) is 8.46. The van der Waals surface area contributed by atoms with Crippen molar-refractivity contribution in [2.75, 3.05) is 11.1 Å². The maximum absolute atomic E-state index is 12.0. The maximum atomic E-state index is 12.0. The molecule has 0 aliphatic carbocycles. The van der Waals surface area contributed by atoms with Crippen molar-refractivity contribution in [1.29, 1.82) is 0 Å². The van der Waals surface area contributed by atoms with Crippen LogP contribution < -0.4 is 5.32 Å². The number of nitrogens with one attached hydrogen (secondary N) is 1. The number of benzene rings is 2. The van der Waals surface area contributed by atoms with Gasteiger partial charge in [0.1, 0.15) is 0 Å². The number of hydrogen-bond acceptors (Lipinski definition) is 6. The monoisotopic (exact) mass is 385 g/mol. The molecule has 0 saturated carbocycles. The molecule has 0 atom stereocenters. The predicted octanol–water partition coefficient (Wildman–Crippen LogP) is 4.97. The van der Waals surface area contributed by atoms with Crippen LogP contribution in [0.3, 0.4) is 0 Å². The topological polar surface area (TPSA) is 68.0 Å². The molecule has 3 aromatic rings. The molecule has 0 fully saturated rings. The Morgan fingerprint density at radius 1 is 1.08 bits per heavy atom. The smallest absolute Gasteiger partial charge is 0.322 e. The molecule has 0 saturated heterocycles. The first-order valence-corrected chi connectivity index (χ1v) is 10.0.